The number of halogens is 3. The second-order valence-electron chi connectivity index (χ2n) is 4.89. The number of hydrogen-bond donors (Lipinski definition) is 2. The third-order valence-corrected chi connectivity index (χ3v) is 2.98. The summed E-state index contributed by atoms with van der Waals surface area (Å²) in [6.07, 6.45) is -4.39. The first kappa shape index (κ1) is 14.5. The van der Waals surface area contributed by atoms with Gasteiger partial charge in [-0.2, -0.15) is 18.3 Å². The molecule has 0 aliphatic heterocycles. The predicted octanol–water partition coefficient (Wildman–Crippen LogP) is 3.15. The summed E-state index contributed by atoms with van der Waals surface area (Å²) in [4.78, 5) is 4.17. The lowest BCUT2D eigenvalue weighted by atomic mass is 10.1. The molecule has 0 amide bonds. The van der Waals surface area contributed by atoms with E-state index in [-0.39, 0.29) is 17.8 Å². The second-order valence-corrected chi connectivity index (χ2v) is 4.89. The van der Waals surface area contributed by atoms with E-state index < -0.39 is 11.7 Å². The minimum atomic E-state index is -4.39. The summed E-state index contributed by atoms with van der Waals surface area (Å²) in [5.74, 6) is 0.826. The van der Waals surface area contributed by atoms with Crippen LogP contribution in [0.1, 0.15) is 31.3 Å². The van der Waals surface area contributed by atoms with Crippen LogP contribution in [0.2, 0.25) is 0 Å². The predicted molar refractivity (Wildman–Crippen MR) is 68.6 cm³/mol. The van der Waals surface area contributed by atoms with Gasteiger partial charge in [0, 0.05) is 5.56 Å². The molecule has 1 aromatic carbocycles. The zero-order valence-corrected chi connectivity index (χ0v) is 11.1. The van der Waals surface area contributed by atoms with E-state index in [0.29, 0.717) is 11.4 Å². The van der Waals surface area contributed by atoms with Crippen LogP contribution in [0.15, 0.2) is 24.3 Å². The number of benzene rings is 1. The first-order chi connectivity index (χ1) is 9.29. The Balaban J connectivity index is 2.33. The van der Waals surface area contributed by atoms with Crippen molar-refractivity contribution in [2.45, 2.75) is 26.1 Å². The summed E-state index contributed by atoms with van der Waals surface area (Å²) in [5, 5.41) is 6.61. The topological polar surface area (TPSA) is 67.6 Å². The van der Waals surface area contributed by atoms with E-state index in [2.05, 4.69) is 15.2 Å². The van der Waals surface area contributed by atoms with E-state index in [4.69, 9.17) is 5.73 Å². The second kappa shape index (κ2) is 5.24. The molecule has 0 spiro atoms. The summed E-state index contributed by atoms with van der Waals surface area (Å²) in [6, 6.07) is 4.56. The molecule has 0 aliphatic carbocycles. The third-order valence-electron chi connectivity index (χ3n) is 2.98. The fourth-order valence-electron chi connectivity index (χ4n) is 1.70. The van der Waals surface area contributed by atoms with Gasteiger partial charge in [0.2, 0.25) is 0 Å². The molecule has 2 aromatic rings. The van der Waals surface area contributed by atoms with Crippen LogP contribution in [-0.4, -0.2) is 15.2 Å². The van der Waals surface area contributed by atoms with Crippen molar-refractivity contribution >= 4 is 0 Å². The average Bonchev–Trinajstić information content (AvgIpc) is 2.86. The van der Waals surface area contributed by atoms with Gasteiger partial charge in [-0.1, -0.05) is 26.0 Å². The number of hydrogen-bond acceptors (Lipinski definition) is 3. The molecule has 7 heteroatoms. The summed E-state index contributed by atoms with van der Waals surface area (Å²) >= 11 is 0. The van der Waals surface area contributed by atoms with Gasteiger partial charge in [-0.15, -0.1) is 0 Å². The molecule has 108 valence electrons. The molecule has 1 aromatic heterocycles. The Hall–Kier alpha value is -1.89. The van der Waals surface area contributed by atoms with Crippen molar-refractivity contribution in [2.24, 2.45) is 11.7 Å². The summed E-state index contributed by atoms with van der Waals surface area (Å²) in [5.41, 5.74) is 5.49. The number of nitrogens with zero attached hydrogens (tertiary/aromatic N) is 2. The van der Waals surface area contributed by atoms with E-state index in [0.717, 1.165) is 12.1 Å². The van der Waals surface area contributed by atoms with Gasteiger partial charge in [-0.05, 0) is 18.1 Å². The largest absolute Gasteiger partial charge is 0.416 e. The SMILES string of the molecule is CC(C)[C@H](N)c1nc(-c2cccc(C(F)(F)F)c2)n[nH]1. The van der Waals surface area contributed by atoms with Crippen LogP contribution in [0.4, 0.5) is 13.2 Å². The Kier molecular flexibility index (Phi) is 3.80. The first-order valence-corrected chi connectivity index (χ1v) is 6.14. The van der Waals surface area contributed by atoms with Crippen molar-refractivity contribution in [3.63, 3.8) is 0 Å². The molecule has 20 heavy (non-hydrogen) atoms. The molecule has 0 radical (unpaired) electrons. The van der Waals surface area contributed by atoms with Crippen LogP contribution in [0.3, 0.4) is 0 Å². The number of H-pyrrole nitrogens is 1. The van der Waals surface area contributed by atoms with Crippen molar-refractivity contribution in [1.82, 2.24) is 15.2 Å². The molecule has 3 N–H and O–H groups in total. The van der Waals surface area contributed by atoms with Crippen LogP contribution in [0.5, 0.6) is 0 Å². The van der Waals surface area contributed by atoms with Crippen molar-refractivity contribution in [2.75, 3.05) is 0 Å². The molecule has 0 fully saturated rings. The molecule has 0 saturated heterocycles. The molecule has 0 aliphatic rings. The van der Waals surface area contributed by atoms with E-state index in [1.807, 2.05) is 13.8 Å². The maximum absolute atomic E-state index is 12.7. The van der Waals surface area contributed by atoms with Crippen LogP contribution in [0, 0.1) is 5.92 Å². The zero-order chi connectivity index (χ0) is 14.9. The maximum atomic E-state index is 12.7. The highest BCUT2D eigenvalue weighted by Gasteiger charge is 2.30. The van der Waals surface area contributed by atoms with Crippen LogP contribution in [-0.2, 0) is 6.18 Å². The van der Waals surface area contributed by atoms with Crippen LogP contribution < -0.4 is 5.73 Å². The lowest BCUT2D eigenvalue weighted by molar-refractivity contribution is -0.137. The fourth-order valence-corrected chi connectivity index (χ4v) is 1.70. The number of rotatable bonds is 3. The van der Waals surface area contributed by atoms with Crippen molar-refractivity contribution in [3.05, 3.63) is 35.7 Å². The molecule has 1 atom stereocenters. The van der Waals surface area contributed by atoms with Gasteiger partial charge in [-0.3, -0.25) is 5.10 Å². The minimum absolute atomic E-state index is 0.150. The zero-order valence-electron chi connectivity index (χ0n) is 11.1. The Morgan fingerprint density at radius 2 is 1.95 bits per heavy atom. The Labute approximate surface area is 114 Å². The van der Waals surface area contributed by atoms with Gasteiger partial charge in [0.05, 0.1) is 11.6 Å². The first-order valence-electron chi connectivity index (χ1n) is 6.14. The van der Waals surface area contributed by atoms with E-state index in [9.17, 15) is 13.2 Å². The standard InChI is InChI=1S/C13H15F3N4/c1-7(2)10(17)12-18-11(19-20-12)8-4-3-5-9(6-8)13(14,15)16/h3-7,10H,17H2,1-2H3,(H,18,19,20)/t10-/m0/s1. The Bertz CT molecular complexity index is 589. The van der Waals surface area contributed by atoms with Crippen molar-refractivity contribution in [1.29, 1.82) is 0 Å². The van der Waals surface area contributed by atoms with Crippen molar-refractivity contribution in [3.8, 4) is 11.4 Å². The highest BCUT2D eigenvalue weighted by atomic mass is 19.4. The van der Waals surface area contributed by atoms with Crippen LogP contribution >= 0.6 is 0 Å². The molecule has 0 unspecified atom stereocenters. The average molecular weight is 284 g/mol. The van der Waals surface area contributed by atoms with Crippen molar-refractivity contribution < 1.29 is 13.2 Å². The lowest BCUT2D eigenvalue weighted by Crippen LogP contribution is -2.18. The van der Waals surface area contributed by atoms with E-state index in [1.54, 1.807) is 0 Å². The smallest absolute Gasteiger partial charge is 0.321 e. The molecule has 4 nitrogen and oxygen atoms in total. The fraction of sp³-hybridized carbons (Fsp3) is 0.385. The number of nitrogens with two attached hydrogens (primary N) is 1. The van der Waals surface area contributed by atoms with Gasteiger partial charge >= 0.3 is 6.18 Å². The van der Waals surface area contributed by atoms with Gasteiger partial charge in [0.1, 0.15) is 5.82 Å². The normalized spacial score (nSPS) is 13.8. The Morgan fingerprint density at radius 1 is 1.25 bits per heavy atom. The molecular formula is C13H15F3N4. The van der Waals surface area contributed by atoms with Gasteiger partial charge in [0.15, 0.2) is 5.82 Å². The number of nitrogens with one attached hydrogen (secondary N) is 1. The van der Waals surface area contributed by atoms with Crippen LogP contribution in [0.25, 0.3) is 11.4 Å². The summed E-state index contributed by atoms with van der Waals surface area (Å²) in [6.45, 7) is 3.86. The van der Waals surface area contributed by atoms with E-state index in [1.165, 1.54) is 12.1 Å². The molecule has 0 saturated carbocycles. The van der Waals surface area contributed by atoms with Gasteiger partial charge < -0.3 is 5.73 Å². The quantitative estimate of drug-likeness (QED) is 0.909. The minimum Gasteiger partial charge on any atom is -0.321 e. The third kappa shape index (κ3) is 2.98. The highest BCUT2D eigenvalue weighted by Crippen LogP contribution is 2.31. The van der Waals surface area contributed by atoms with Gasteiger partial charge in [0.25, 0.3) is 0 Å². The number of aromatic nitrogens is 3. The molecule has 0 bridgehead atoms. The summed E-state index contributed by atoms with van der Waals surface area (Å²) in [7, 11) is 0. The van der Waals surface area contributed by atoms with Gasteiger partial charge in [-0.25, -0.2) is 4.98 Å². The maximum Gasteiger partial charge on any atom is 0.416 e. The summed E-state index contributed by atoms with van der Waals surface area (Å²) < 4.78 is 38.0. The molecule has 1 heterocycles. The number of alkyl halides is 3. The monoisotopic (exact) mass is 284 g/mol. The number of aromatic amines is 1. The van der Waals surface area contributed by atoms with E-state index >= 15 is 0 Å². The Morgan fingerprint density at radius 3 is 2.55 bits per heavy atom. The molecule has 2 rings (SSSR count). The highest BCUT2D eigenvalue weighted by molar-refractivity contribution is 5.56. The molecular weight excluding hydrogens is 269 g/mol. The lowest BCUT2D eigenvalue weighted by Gasteiger charge is -2.11.